The fourth-order valence-electron chi connectivity index (χ4n) is 4.40. The fraction of sp³-hybridized carbons (Fsp3) is 0.250. The molecule has 0 spiro atoms. The molecule has 2 heterocycles. The molecule has 1 saturated heterocycles. The average Bonchev–Trinajstić information content (AvgIpc) is 3.43. The lowest BCUT2D eigenvalue weighted by atomic mass is 9.91. The number of benzene rings is 3. The molecule has 0 radical (unpaired) electrons. The van der Waals surface area contributed by atoms with E-state index in [1.54, 1.807) is 0 Å². The summed E-state index contributed by atoms with van der Waals surface area (Å²) in [5, 5.41) is 4.16. The van der Waals surface area contributed by atoms with Crippen molar-refractivity contribution < 1.29 is 23.9 Å². The minimum absolute atomic E-state index is 0.246. The third kappa shape index (κ3) is 4.75. The molecule has 2 aliphatic heterocycles. The zero-order chi connectivity index (χ0) is 24.4. The summed E-state index contributed by atoms with van der Waals surface area (Å²) in [4.78, 5) is 32.9. The van der Waals surface area contributed by atoms with E-state index in [0.29, 0.717) is 17.9 Å². The largest absolute Gasteiger partial charge is 0.457 e. The molecule has 0 saturated carbocycles. The van der Waals surface area contributed by atoms with Gasteiger partial charge in [0.15, 0.2) is 0 Å². The molecule has 0 aliphatic carbocycles. The van der Waals surface area contributed by atoms with Gasteiger partial charge in [-0.15, -0.1) is 0 Å². The summed E-state index contributed by atoms with van der Waals surface area (Å²) in [6, 6.07) is 26.2. The number of carbonyl (C=O) groups is 2. The average molecular weight is 471 g/mol. The monoisotopic (exact) mass is 470 g/mol. The smallest absolute Gasteiger partial charge is 0.417 e. The SMILES string of the molecule is CC1(C)OC(=O)N(C(=O)[C@@H]2CC(c3cccc(Oc4ccccc4)c3)=NO2)[C@H]1Cc1ccccc1. The van der Waals surface area contributed by atoms with Gasteiger partial charge < -0.3 is 14.3 Å². The Kier molecular flexibility index (Phi) is 5.99. The summed E-state index contributed by atoms with van der Waals surface area (Å²) in [6.45, 7) is 3.64. The van der Waals surface area contributed by atoms with Gasteiger partial charge in [-0.3, -0.25) is 4.79 Å². The van der Waals surface area contributed by atoms with Gasteiger partial charge >= 0.3 is 6.09 Å². The number of rotatable bonds is 6. The zero-order valence-corrected chi connectivity index (χ0v) is 19.6. The van der Waals surface area contributed by atoms with Gasteiger partial charge in [0.1, 0.15) is 17.1 Å². The number of ether oxygens (including phenoxy) is 2. The zero-order valence-electron chi connectivity index (χ0n) is 19.6. The van der Waals surface area contributed by atoms with E-state index in [0.717, 1.165) is 16.9 Å². The third-order valence-electron chi connectivity index (χ3n) is 6.26. The second kappa shape index (κ2) is 9.25. The van der Waals surface area contributed by atoms with Crippen molar-refractivity contribution in [1.82, 2.24) is 4.90 Å². The molecular formula is C28H26N2O5. The predicted molar refractivity (Wildman–Crippen MR) is 130 cm³/mol. The van der Waals surface area contributed by atoms with Crippen molar-refractivity contribution in [2.75, 3.05) is 0 Å². The Bertz CT molecular complexity index is 1260. The highest BCUT2D eigenvalue weighted by Gasteiger charge is 2.52. The predicted octanol–water partition coefficient (Wildman–Crippen LogP) is 5.34. The molecule has 7 nitrogen and oxygen atoms in total. The highest BCUT2D eigenvalue weighted by atomic mass is 16.6. The van der Waals surface area contributed by atoms with Crippen LogP contribution in [-0.4, -0.2) is 40.4 Å². The van der Waals surface area contributed by atoms with Crippen molar-refractivity contribution in [1.29, 1.82) is 0 Å². The molecule has 3 aromatic carbocycles. The van der Waals surface area contributed by atoms with E-state index in [9.17, 15) is 9.59 Å². The van der Waals surface area contributed by atoms with Gasteiger partial charge in [-0.05, 0) is 50.1 Å². The topological polar surface area (TPSA) is 77.4 Å². The number of cyclic esters (lactones) is 1. The quantitative estimate of drug-likeness (QED) is 0.486. The van der Waals surface area contributed by atoms with E-state index in [2.05, 4.69) is 5.16 Å². The fourth-order valence-corrected chi connectivity index (χ4v) is 4.40. The summed E-state index contributed by atoms with van der Waals surface area (Å²) in [6.07, 6.45) is -0.819. The number of nitrogens with zero attached hydrogens (tertiary/aromatic N) is 2. The third-order valence-corrected chi connectivity index (χ3v) is 6.26. The molecule has 1 fully saturated rings. The second-order valence-electron chi connectivity index (χ2n) is 9.16. The first-order chi connectivity index (χ1) is 16.9. The van der Waals surface area contributed by atoms with Gasteiger partial charge in [0.25, 0.3) is 5.91 Å². The van der Waals surface area contributed by atoms with Crippen LogP contribution in [0.3, 0.4) is 0 Å². The first-order valence-corrected chi connectivity index (χ1v) is 11.6. The number of imide groups is 1. The van der Waals surface area contributed by atoms with Crippen molar-refractivity contribution in [3.8, 4) is 11.5 Å². The lowest BCUT2D eigenvalue weighted by molar-refractivity contribution is -0.140. The van der Waals surface area contributed by atoms with Crippen LogP contribution in [0, 0.1) is 0 Å². The van der Waals surface area contributed by atoms with E-state index in [-0.39, 0.29) is 6.42 Å². The maximum Gasteiger partial charge on any atom is 0.417 e. The van der Waals surface area contributed by atoms with Gasteiger partial charge in [-0.25, -0.2) is 9.69 Å². The van der Waals surface area contributed by atoms with Gasteiger partial charge in [-0.1, -0.05) is 65.8 Å². The van der Waals surface area contributed by atoms with Gasteiger partial charge in [0.2, 0.25) is 6.10 Å². The van der Waals surface area contributed by atoms with Crippen LogP contribution in [-0.2, 0) is 20.8 Å². The number of hydrogen-bond donors (Lipinski definition) is 0. The van der Waals surface area contributed by atoms with Crippen LogP contribution in [0.1, 0.15) is 31.4 Å². The minimum Gasteiger partial charge on any atom is -0.457 e. The Balaban J connectivity index is 1.30. The lowest BCUT2D eigenvalue weighted by Gasteiger charge is -2.28. The van der Waals surface area contributed by atoms with Crippen LogP contribution in [0.25, 0.3) is 0 Å². The molecule has 35 heavy (non-hydrogen) atoms. The number of carbonyl (C=O) groups excluding carboxylic acids is 2. The molecule has 178 valence electrons. The Hall–Kier alpha value is -4.13. The number of amides is 2. The van der Waals surface area contributed by atoms with Crippen LogP contribution < -0.4 is 4.74 Å². The van der Waals surface area contributed by atoms with Crippen LogP contribution >= 0.6 is 0 Å². The van der Waals surface area contributed by atoms with Gasteiger partial charge in [0.05, 0.1) is 11.8 Å². The standard InChI is InChI=1S/C28H26N2O5/c1-28(2)25(16-19-10-5-3-6-11-19)30(27(32)34-28)26(31)24-18-23(29-35-24)20-12-9-15-22(17-20)33-21-13-7-4-8-14-21/h3-15,17,24-25H,16,18H2,1-2H3/t24-,25-/m0/s1. The van der Waals surface area contributed by atoms with Crippen LogP contribution in [0.2, 0.25) is 0 Å². The summed E-state index contributed by atoms with van der Waals surface area (Å²) < 4.78 is 11.5. The Labute approximate surface area is 203 Å². The summed E-state index contributed by atoms with van der Waals surface area (Å²) in [7, 11) is 0. The number of oxime groups is 1. The molecule has 0 unspecified atom stereocenters. The first-order valence-electron chi connectivity index (χ1n) is 11.6. The van der Waals surface area contributed by atoms with E-state index < -0.39 is 29.7 Å². The highest BCUT2D eigenvalue weighted by Crippen LogP contribution is 2.34. The minimum atomic E-state index is -0.900. The number of hydrogen-bond acceptors (Lipinski definition) is 6. The molecule has 2 atom stereocenters. The van der Waals surface area contributed by atoms with Gasteiger partial charge in [-0.2, -0.15) is 0 Å². The molecule has 2 aliphatic rings. The van der Waals surface area contributed by atoms with Crippen LogP contribution in [0.5, 0.6) is 11.5 Å². The maximum atomic E-state index is 13.4. The van der Waals surface area contributed by atoms with E-state index in [4.69, 9.17) is 14.3 Å². The van der Waals surface area contributed by atoms with Crippen LogP contribution in [0.4, 0.5) is 4.79 Å². The van der Waals surface area contributed by atoms with Crippen molar-refractivity contribution in [2.24, 2.45) is 5.16 Å². The molecule has 0 N–H and O–H groups in total. The lowest BCUT2D eigenvalue weighted by Crippen LogP contribution is -2.49. The van der Waals surface area contributed by atoms with Crippen molar-refractivity contribution in [2.45, 2.75) is 44.4 Å². The Morgan fingerprint density at radius 1 is 1.00 bits per heavy atom. The van der Waals surface area contributed by atoms with E-state index in [1.807, 2.05) is 98.8 Å². The highest BCUT2D eigenvalue weighted by molar-refractivity contribution is 6.06. The molecule has 2 amide bonds. The summed E-state index contributed by atoms with van der Waals surface area (Å²) >= 11 is 0. The molecule has 7 heteroatoms. The summed E-state index contributed by atoms with van der Waals surface area (Å²) in [5.41, 5.74) is 1.60. The molecule has 0 bridgehead atoms. The molecular weight excluding hydrogens is 444 g/mol. The molecule has 5 rings (SSSR count). The van der Waals surface area contributed by atoms with Gasteiger partial charge in [0, 0.05) is 12.0 Å². The maximum absolute atomic E-state index is 13.4. The Morgan fingerprint density at radius 3 is 2.43 bits per heavy atom. The summed E-state index contributed by atoms with van der Waals surface area (Å²) in [5.74, 6) is 0.929. The number of para-hydroxylation sites is 1. The van der Waals surface area contributed by atoms with Crippen molar-refractivity contribution >= 4 is 17.7 Å². The van der Waals surface area contributed by atoms with E-state index >= 15 is 0 Å². The normalized spacial score (nSPS) is 20.7. The van der Waals surface area contributed by atoms with Crippen molar-refractivity contribution in [3.63, 3.8) is 0 Å². The van der Waals surface area contributed by atoms with Crippen molar-refractivity contribution in [3.05, 3.63) is 96.1 Å². The molecule has 3 aromatic rings. The molecule has 0 aromatic heterocycles. The van der Waals surface area contributed by atoms with Crippen LogP contribution in [0.15, 0.2) is 90.1 Å². The Morgan fingerprint density at radius 2 is 1.69 bits per heavy atom. The second-order valence-corrected chi connectivity index (χ2v) is 9.16. The van der Waals surface area contributed by atoms with E-state index in [1.165, 1.54) is 4.90 Å². The first kappa shape index (κ1) is 22.7.